The zero-order valence-electron chi connectivity index (χ0n) is 11.2. The summed E-state index contributed by atoms with van der Waals surface area (Å²) in [6.07, 6.45) is 3.22. The first-order chi connectivity index (χ1) is 10.3. The van der Waals surface area contributed by atoms with E-state index in [0.717, 1.165) is 5.56 Å². The Hall–Kier alpha value is -1.17. The minimum Gasteiger partial charge on any atom is -0.423 e. The van der Waals surface area contributed by atoms with E-state index in [-0.39, 0.29) is 5.97 Å². The lowest BCUT2D eigenvalue weighted by molar-refractivity contribution is -0.128. The fraction of sp³-hybridized carbons (Fsp3) is 0.188. The van der Waals surface area contributed by atoms with E-state index in [9.17, 15) is 4.79 Å². The molecule has 21 heavy (non-hydrogen) atoms. The molecule has 0 N–H and O–H groups in total. The second-order valence-electron chi connectivity index (χ2n) is 4.45. The van der Waals surface area contributed by atoms with Gasteiger partial charge in [-0.1, -0.05) is 12.1 Å². The summed E-state index contributed by atoms with van der Waals surface area (Å²) in [5.41, 5.74) is 2.30. The quantitative estimate of drug-likeness (QED) is 0.454. The number of carbonyl (C=O) groups is 1. The van der Waals surface area contributed by atoms with Gasteiger partial charge in [0, 0.05) is 17.6 Å². The molecule has 0 radical (unpaired) electrons. The molecule has 0 amide bonds. The Morgan fingerprint density at radius 1 is 1.14 bits per heavy atom. The number of benzene rings is 1. The molecule has 2 heterocycles. The maximum Gasteiger partial charge on any atom is 0.336 e. The Bertz CT molecular complexity index is 611. The number of hydrogen-bond donors (Lipinski definition) is 0. The highest BCUT2D eigenvalue weighted by Gasteiger charge is 2.18. The third kappa shape index (κ3) is 4.15. The van der Waals surface area contributed by atoms with Gasteiger partial charge in [-0.25, -0.2) is 4.79 Å². The minimum absolute atomic E-state index is 0.349. The number of esters is 1. The molecule has 0 saturated carbocycles. The summed E-state index contributed by atoms with van der Waals surface area (Å²) in [5, 5.41) is 3.96. The number of thiophene rings is 1. The minimum atomic E-state index is -0.349. The molecule has 1 aromatic carbocycles. The van der Waals surface area contributed by atoms with Gasteiger partial charge in [-0.2, -0.15) is 11.3 Å². The van der Waals surface area contributed by atoms with E-state index >= 15 is 0 Å². The fourth-order valence-corrected chi connectivity index (χ4v) is 5.42. The second kappa shape index (κ2) is 7.20. The van der Waals surface area contributed by atoms with Crippen LogP contribution in [0.2, 0.25) is 0 Å². The highest BCUT2D eigenvalue weighted by molar-refractivity contribution is 8.19. The topological polar surface area (TPSA) is 26.3 Å². The van der Waals surface area contributed by atoms with Crippen LogP contribution in [0.5, 0.6) is 5.75 Å². The van der Waals surface area contributed by atoms with Crippen LogP contribution in [-0.2, 0) is 4.79 Å². The molecule has 108 valence electrons. The molecule has 3 rings (SSSR count). The van der Waals surface area contributed by atoms with E-state index in [0.29, 0.717) is 10.3 Å². The smallest absolute Gasteiger partial charge is 0.336 e. The van der Waals surface area contributed by atoms with Gasteiger partial charge >= 0.3 is 5.97 Å². The van der Waals surface area contributed by atoms with Crippen LogP contribution in [0, 0.1) is 0 Å². The van der Waals surface area contributed by atoms with Crippen LogP contribution in [-0.4, -0.2) is 17.5 Å². The Kier molecular flexibility index (Phi) is 5.06. The van der Waals surface area contributed by atoms with Crippen molar-refractivity contribution in [2.45, 2.75) is 4.58 Å². The zero-order valence-corrected chi connectivity index (χ0v) is 13.7. The van der Waals surface area contributed by atoms with Crippen LogP contribution in [0.4, 0.5) is 0 Å². The third-order valence-electron chi connectivity index (χ3n) is 2.95. The normalized spacial score (nSPS) is 15.6. The molecule has 2 aromatic rings. The summed E-state index contributed by atoms with van der Waals surface area (Å²) in [6, 6.07) is 9.78. The molecule has 1 aromatic heterocycles. The number of rotatable bonds is 4. The van der Waals surface area contributed by atoms with E-state index < -0.39 is 0 Å². The van der Waals surface area contributed by atoms with Gasteiger partial charge in [-0.05, 0) is 46.2 Å². The lowest BCUT2D eigenvalue weighted by Gasteiger charge is -2.08. The summed E-state index contributed by atoms with van der Waals surface area (Å²) >= 11 is 5.54. The largest absolute Gasteiger partial charge is 0.423 e. The van der Waals surface area contributed by atoms with Gasteiger partial charge < -0.3 is 4.74 Å². The highest BCUT2D eigenvalue weighted by atomic mass is 32.2. The molecule has 2 nitrogen and oxygen atoms in total. The molecule has 1 aliphatic rings. The number of hydrogen-bond acceptors (Lipinski definition) is 5. The van der Waals surface area contributed by atoms with Gasteiger partial charge in [0.05, 0.1) is 4.58 Å². The molecule has 0 bridgehead atoms. The van der Waals surface area contributed by atoms with Crippen LogP contribution < -0.4 is 4.74 Å². The van der Waals surface area contributed by atoms with Crippen LogP contribution in [0.25, 0.3) is 6.08 Å². The SMILES string of the molecule is O=C(/C=C/c1ccsc1)Oc1ccc(C2SCCS2)cc1. The van der Waals surface area contributed by atoms with Crippen LogP contribution in [0.1, 0.15) is 15.7 Å². The Morgan fingerprint density at radius 3 is 2.57 bits per heavy atom. The van der Waals surface area contributed by atoms with E-state index in [1.54, 1.807) is 17.4 Å². The van der Waals surface area contributed by atoms with Crippen LogP contribution in [0.15, 0.2) is 47.2 Å². The number of ether oxygens (including phenoxy) is 1. The van der Waals surface area contributed by atoms with E-state index in [2.05, 4.69) is 0 Å². The molecule has 0 atom stereocenters. The van der Waals surface area contributed by atoms with Crippen molar-refractivity contribution >= 4 is 46.9 Å². The van der Waals surface area contributed by atoms with Crippen molar-refractivity contribution in [3.05, 3.63) is 58.3 Å². The molecule has 0 spiro atoms. The molecule has 5 heteroatoms. The van der Waals surface area contributed by atoms with Crippen molar-refractivity contribution in [1.82, 2.24) is 0 Å². The number of thioether (sulfide) groups is 2. The molecule has 1 saturated heterocycles. The van der Waals surface area contributed by atoms with Crippen LogP contribution in [0.3, 0.4) is 0 Å². The average molecular weight is 334 g/mol. The zero-order chi connectivity index (χ0) is 14.5. The van der Waals surface area contributed by atoms with Gasteiger partial charge in [0.1, 0.15) is 5.75 Å². The van der Waals surface area contributed by atoms with E-state index in [1.807, 2.05) is 64.6 Å². The van der Waals surface area contributed by atoms with Crippen molar-refractivity contribution in [2.75, 3.05) is 11.5 Å². The molecule has 1 aliphatic heterocycles. The average Bonchev–Trinajstić information content (AvgIpc) is 3.19. The highest BCUT2D eigenvalue weighted by Crippen LogP contribution is 2.45. The summed E-state index contributed by atoms with van der Waals surface area (Å²) < 4.78 is 5.82. The lowest BCUT2D eigenvalue weighted by Crippen LogP contribution is -2.03. The van der Waals surface area contributed by atoms with Crippen molar-refractivity contribution < 1.29 is 9.53 Å². The van der Waals surface area contributed by atoms with Gasteiger partial charge in [-0.15, -0.1) is 23.5 Å². The van der Waals surface area contributed by atoms with E-state index in [1.165, 1.54) is 23.1 Å². The maximum absolute atomic E-state index is 11.7. The second-order valence-corrected chi connectivity index (χ2v) is 7.96. The molecule has 0 aliphatic carbocycles. The summed E-state index contributed by atoms with van der Waals surface area (Å²) in [6.45, 7) is 0. The van der Waals surface area contributed by atoms with E-state index in [4.69, 9.17) is 4.74 Å². The van der Waals surface area contributed by atoms with Crippen molar-refractivity contribution in [3.63, 3.8) is 0 Å². The molecule has 0 unspecified atom stereocenters. The molecular formula is C16H14O2S3. The van der Waals surface area contributed by atoms with Gasteiger partial charge in [0.2, 0.25) is 0 Å². The van der Waals surface area contributed by atoms with Gasteiger partial charge in [0.25, 0.3) is 0 Å². The fourth-order valence-electron chi connectivity index (χ4n) is 1.93. The summed E-state index contributed by atoms with van der Waals surface area (Å²) in [5.74, 6) is 2.66. The first-order valence-corrected chi connectivity index (χ1v) is 9.60. The monoisotopic (exact) mass is 334 g/mol. The van der Waals surface area contributed by atoms with Gasteiger partial charge in [-0.3, -0.25) is 0 Å². The Balaban J connectivity index is 1.58. The summed E-state index contributed by atoms with van der Waals surface area (Å²) in [7, 11) is 0. The van der Waals surface area contributed by atoms with Gasteiger partial charge in [0.15, 0.2) is 0 Å². The van der Waals surface area contributed by atoms with Crippen LogP contribution >= 0.6 is 34.9 Å². The predicted molar refractivity (Wildman–Crippen MR) is 93.1 cm³/mol. The van der Waals surface area contributed by atoms with Crippen molar-refractivity contribution in [3.8, 4) is 5.75 Å². The lowest BCUT2D eigenvalue weighted by atomic mass is 10.2. The standard InChI is InChI=1S/C16H14O2S3/c17-15(6-1-12-7-8-19-11-12)18-14-4-2-13(3-5-14)16-20-9-10-21-16/h1-8,11,16H,9-10H2/b6-1+. The Labute approximate surface area is 136 Å². The molecule has 1 fully saturated rings. The summed E-state index contributed by atoms with van der Waals surface area (Å²) in [4.78, 5) is 11.7. The maximum atomic E-state index is 11.7. The first-order valence-electron chi connectivity index (χ1n) is 6.56. The van der Waals surface area contributed by atoms with Crippen molar-refractivity contribution in [2.24, 2.45) is 0 Å². The number of carbonyl (C=O) groups excluding carboxylic acids is 1. The Morgan fingerprint density at radius 2 is 1.90 bits per heavy atom. The van der Waals surface area contributed by atoms with Crippen molar-refractivity contribution in [1.29, 1.82) is 0 Å². The third-order valence-corrected chi connectivity index (χ3v) is 6.75. The predicted octanol–water partition coefficient (Wildman–Crippen LogP) is 4.85. The molecular weight excluding hydrogens is 320 g/mol. The first kappa shape index (κ1) is 14.8.